The number of benzene rings is 1. The molecule has 2 aromatic heterocycles. The van der Waals surface area contributed by atoms with Crippen LogP contribution in [-0.4, -0.2) is 29.9 Å². The predicted molar refractivity (Wildman–Crippen MR) is 113 cm³/mol. The second-order valence-electron chi connectivity index (χ2n) is 6.52. The van der Waals surface area contributed by atoms with E-state index >= 15 is 0 Å². The zero-order valence-electron chi connectivity index (χ0n) is 16.2. The number of carbonyl (C=O) groups excluding carboxylic acids is 2. The van der Waals surface area contributed by atoms with Gasteiger partial charge in [0.1, 0.15) is 5.76 Å². The molecular weight excluding hydrogens is 386 g/mol. The van der Waals surface area contributed by atoms with E-state index in [0.29, 0.717) is 18.8 Å². The molecule has 2 heterocycles. The molecule has 0 aliphatic rings. The molecule has 0 bridgehead atoms. The highest BCUT2D eigenvalue weighted by Gasteiger charge is 2.16. The summed E-state index contributed by atoms with van der Waals surface area (Å²) in [6, 6.07) is 17.5. The van der Waals surface area contributed by atoms with Crippen LogP contribution in [0.15, 0.2) is 71.4 Å². The Hall–Kier alpha value is -3.12. The van der Waals surface area contributed by atoms with E-state index in [1.165, 1.54) is 23.3 Å². The maximum absolute atomic E-state index is 12.7. The average molecular weight is 410 g/mol. The first-order valence-electron chi connectivity index (χ1n) is 9.35. The zero-order valence-corrected chi connectivity index (χ0v) is 17.1. The van der Waals surface area contributed by atoms with Gasteiger partial charge < -0.3 is 14.1 Å². The quantitative estimate of drug-likeness (QED) is 0.386. The first kappa shape index (κ1) is 20.6. The summed E-state index contributed by atoms with van der Waals surface area (Å²) in [5, 5.41) is 0. The number of nitrogens with zero attached hydrogens (tertiary/aromatic N) is 1. The van der Waals surface area contributed by atoms with Crippen LogP contribution in [0.4, 0.5) is 0 Å². The number of hydrogen-bond donors (Lipinski definition) is 0. The molecule has 0 aliphatic carbocycles. The fourth-order valence-electron chi connectivity index (χ4n) is 2.77. The van der Waals surface area contributed by atoms with Gasteiger partial charge in [-0.3, -0.25) is 4.79 Å². The number of amides is 1. The van der Waals surface area contributed by atoms with Crippen molar-refractivity contribution in [3.8, 4) is 0 Å². The molecule has 1 aromatic carbocycles. The van der Waals surface area contributed by atoms with Gasteiger partial charge in [-0.1, -0.05) is 30.3 Å². The number of thiophene rings is 1. The van der Waals surface area contributed by atoms with Crippen molar-refractivity contribution in [1.29, 1.82) is 0 Å². The molecule has 0 N–H and O–H groups in total. The minimum atomic E-state index is -0.579. The fourth-order valence-corrected chi connectivity index (χ4v) is 3.67. The van der Waals surface area contributed by atoms with Crippen molar-refractivity contribution < 1.29 is 18.7 Å². The Morgan fingerprint density at radius 3 is 2.62 bits per heavy atom. The van der Waals surface area contributed by atoms with Crippen molar-refractivity contribution >= 4 is 29.3 Å². The molecule has 0 saturated carbocycles. The minimum Gasteiger partial charge on any atom is -0.465 e. The topological polar surface area (TPSA) is 59.8 Å². The number of hydrogen-bond acceptors (Lipinski definition) is 5. The molecule has 0 aliphatic heterocycles. The van der Waals surface area contributed by atoms with Crippen molar-refractivity contribution in [3.63, 3.8) is 0 Å². The molecule has 0 unspecified atom stereocenters. The lowest BCUT2D eigenvalue weighted by Gasteiger charge is -2.22. The van der Waals surface area contributed by atoms with Crippen LogP contribution in [0.25, 0.3) is 6.08 Å². The maximum atomic E-state index is 12.7. The second kappa shape index (κ2) is 10.4. The third kappa shape index (κ3) is 6.76. The van der Waals surface area contributed by atoms with Crippen molar-refractivity contribution in [2.75, 3.05) is 13.2 Å². The molecular formula is C23H23NO4S. The smallest absolute Gasteiger partial charge is 0.331 e. The van der Waals surface area contributed by atoms with Gasteiger partial charge in [-0.15, -0.1) is 11.3 Å². The van der Waals surface area contributed by atoms with Gasteiger partial charge in [0.2, 0.25) is 0 Å². The molecule has 0 radical (unpaired) electrons. The SMILES string of the molecule is Cc1ccc(CN(CCc2ccccc2)C(=O)COC(=O)/C=C/c2ccco2)s1. The molecule has 150 valence electrons. The van der Waals surface area contributed by atoms with Crippen LogP contribution in [0.5, 0.6) is 0 Å². The Morgan fingerprint density at radius 1 is 1.10 bits per heavy atom. The van der Waals surface area contributed by atoms with E-state index < -0.39 is 5.97 Å². The van der Waals surface area contributed by atoms with Crippen LogP contribution < -0.4 is 0 Å². The number of aryl methyl sites for hydroxylation is 1. The molecule has 0 fully saturated rings. The van der Waals surface area contributed by atoms with Gasteiger partial charge in [0.05, 0.1) is 12.8 Å². The zero-order chi connectivity index (χ0) is 20.5. The molecule has 0 saturated heterocycles. The first-order chi connectivity index (χ1) is 14.1. The molecule has 0 atom stereocenters. The van der Waals surface area contributed by atoms with Crippen LogP contribution in [0.1, 0.15) is 21.1 Å². The highest BCUT2D eigenvalue weighted by Crippen LogP contribution is 2.18. The lowest BCUT2D eigenvalue weighted by Crippen LogP contribution is -2.35. The van der Waals surface area contributed by atoms with Crippen LogP contribution in [-0.2, 0) is 27.3 Å². The lowest BCUT2D eigenvalue weighted by atomic mass is 10.1. The van der Waals surface area contributed by atoms with E-state index in [0.717, 1.165) is 16.9 Å². The standard InChI is InChI=1S/C23H23NO4S/c1-18-9-11-21(29-18)16-24(14-13-19-6-3-2-4-7-19)22(25)17-28-23(26)12-10-20-8-5-15-27-20/h2-12,15H,13-14,16-17H2,1H3/b12-10+. The summed E-state index contributed by atoms with van der Waals surface area (Å²) in [6.45, 7) is 2.81. The summed E-state index contributed by atoms with van der Waals surface area (Å²) >= 11 is 1.66. The van der Waals surface area contributed by atoms with Gasteiger partial charge in [0.15, 0.2) is 6.61 Å². The van der Waals surface area contributed by atoms with E-state index in [2.05, 4.69) is 0 Å². The Kier molecular flexibility index (Phi) is 7.41. The van der Waals surface area contributed by atoms with Crippen molar-refractivity contribution in [2.45, 2.75) is 19.9 Å². The number of ether oxygens (including phenoxy) is 1. The van der Waals surface area contributed by atoms with Crippen LogP contribution in [0.2, 0.25) is 0 Å². The molecule has 5 nitrogen and oxygen atoms in total. The largest absolute Gasteiger partial charge is 0.465 e. The third-order valence-electron chi connectivity index (χ3n) is 4.27. The van der Waals surface area contributed by atoms with Crippen LogP contribution >= 0.6 is 11.3 Å². The summed E-state index contributed by atoms with van der Waals surface area (Å²) in [6.07, 6.45) is 5.02. The lowest BCUT2D eigenvalue weighted by molar-refractivity contribution is -0.148. The van der Waals surface area contributed by atoms with E-state index in [9.17, 15) is 9.59 Å². The summed E-state index contributed by atoms with van der Waals surface area (Å²) in [5.74, 6) is -0.248. The number of furan rings is 1. The van der Waals surface area contributed by atoms with E-state index in [-0.39, 0.29) is 12.5 Å². The maximum Gasteiger partial charge on any atom is 0.331 e. The van der Waals surface area contributed by atoms with Gasteiger partial charge in [0.25, 0.3) is 5.91 Å². The van der Waals surface area contributed by atoms with Gasteiger partial charge in [-0.25, -0.2) is 4.79 Å². The van der Waals surface area contributed by atoms with E-state index in [1.54, 1.807) is 28.4 Å². The van der Waals surface area contributed by atoms with Crippen molar-refractivity contribution in [2.24, 2.45) is 0 Å². The Labute approximate surface area is 174 Å². The highest BCUT2D eigenvalue weighted by molar-refractivity contribution is 7.11. The Morgan fingerprint density at radius 2 is 1.93 bits per heavy atom. The summed E-state index contributed by atoms with van der Waals surface area (Å²) < 4.78 is 10.2. The normalized spacial score (nSPS) is 10.9. The fraction of sp³-hybridized carbons (Fsp3) is 0.217. The molecule has 1 amide bonds. The monoisotopic (exact) mass is 409 g/mol. The minimum absolute atomic E-state index is 0.216. The second-order valence-corrected chi connectivity index (χ2v) is 7.89. The van der Waals surface area contributed by atoms with E-state index in [1.807, 2.05) is 49.4 Å². The van der Waals surface area contributed by atoms with Gasteiger partial charge in [-0.2, -0.15) is 0 Å². The first-order valence-corrected chi connectivity index (χ1v) is 10.2. The molecule has 0 spiro atoms. The summed E-state index contributed by atoms with van der Waals surface area (Å²) in [4.78, 5) is 28.7. The third-order valence-corrected chi connectivity index (χ3v) is 5.26. The molecule has 29 heavy (non-hydrogen) atoms. The summed E-state index contributed by atoms with van der Waals surface area (Å²) in [5.41, 5.74) is 1.16. The molecule has 3 aromatic rings. The predicted octanol–water partition coefficient (Wildman–Crippen LogP) is 4.48. The number of carbonyl (C=O) groups is 2. The van der Waals surface area contributed by atoms with Gasteiger partial charge in [-0.05, 0) is 49.2 Å². The van der Waals surface area contributed by atoms with Gasteiger partial charge >= 0.3 is 5.97 Å². The Balaban J connectivity index is 1.57. The number of esters is 1. The number of rotatable bonds is 9. The summed E-state index contributed by atoms with van der Waals surface area (Å²) in [7, 11) is 0. The molecule has 6 heteroatoms. The van der Waals surface area contributed by atoms with Crippen molar-refractivity contribution in [3.05, 3.63) is 88.0 Å². The van der Waals surface area contributed by atoms with E-state index in [4.69, 9.17) is 9.15 Å². The van der Waals surface area contributed by atoms with Crippen molar-refractivity contribution in [1.82, 2.24) is 4.90 Å². The molecule has 3 rings (SSSR count). The average Bonchev–Trinajstić information content (AvgIpc) is 3.40. The van der Waals surface area contributed by atoms with Gasteiger partial charge in [0, 0.05) is 22.4 Å². The Bertz CT molecular complexity index is 944. The highest BCUT2D eigenvalue weighted by atomic mass is 32.1. The van der Waals surface area contributed by atoms with Crippen LogP contribution in [0, 0.1) is 6.92 Å². The van der Waals surface area contributed by atoms with Crippen LogP contribution in [0.3, 0.4) is 0 Å².